The monoisotopic (exact) mass is 223 g/mol. The van der Waals surface area contributed by atoms with Crippen molar-refractivity contribution in [2.45, 2.75) is 32.6 Å². The van der Waals surface area contributed by atoms with Gasteiger partial charge in [0, 0.05) is 11.6 Å². The third kappa shape index (κ3) is 3.68. The van der Waals surface area contributed by atoms with Crippen LogP contribution >= 0.6 is 0 Å². The van der Waals surface area contributed by atoms with E-state index < -0.39 is 8.32 Å². The summed E-state index contributed by atoms with van der Waals surface area (Å²) in [7, 11) is 0.452. The highest BCUT2D eigenvalue weighted by molar-refractivity contribution is 6.70. The smallest absolute Gasteiger partial charge is 0.242 e. The molecule has 0 fully saturated rings. The Morgan fingerprint density at radius 2 is 1.80 bits per heavy atom. The van der Waals surface area contributed by atoms with Gasteiger partial charge in [-0.2, -0.15) is 0 Å². The van der Waals surface area contributed by atoms with E-state index in [2.05, 4.69) is 50.1 Å². The van der Waals surface area contributed by atoms with Gasteiger partial charge in [0.1, 0.15) is 5.75 Å². The summed E-state index contributed by atoms with van der Waals surface area (Å²) in [6, 6.07) is 8.59. The molecular formula is C12H21NOSi. The molecule has 0 aliphatic carbocycles. The average Bonchev–Trinajstić information content (AvgIpc) is 2.15. The number of benzene rings is 1. The van der Waals surface area contributed by atoms with Gasteiger partial charge in [-0.1, -0.05) is 18.2 Å². The molecule has 1 N–H and O–H groups in total. The Balaban J connectivity index is 2.96. The Morgan fingerprint density at radius 1 is 1.20 bits per heavy atom. The predicted molar refractivity (Wildman–Crippen MR) is 67.9 cm³/mol. The zero-order chi connectivity index (χ0) is 11.5. The van der Waals surface area contributed by atoms with Gasteiger partial charge in [-0.15, -0.1) is 0 Å². The Morgan fingerprint density at radius 3 is 2.33 bits per heavy atom. The maximum atomic E-state index is 6.05. The minimum Gasteiger partial charge on any atom is -0.544 e. The normalized spacial score (nSPS) is 13.7. The molecule has 1 atom stereocenters. The maximum absolute atomic E-state index is 6.05. The second kappa shape index (κ2) is 4.81. The van der Waals surface area contributed by atoms with Crippen LogP contribution in [0.3, 0.4) is 0 Å². The molecule has 0 saturated heterocycles. The molecule has 1 rings (SSSR count). The van der Waals surface area contributed by atoms with Gasteiger partial charge in [-0.3, -0.25) is 0 Å². The summed E-state index contributed by atoms with van der Waals surface area (Å²) in [5, 5.41) is 3.24. The zero-order valence-electron chi connectivity index (χ0n) is 10.3. The molecule has 0 aromatic heterocycles. The standard InChI is InChI=1S/C12H21NOSi/c1-10(13-2)11-8-6-7-9-12(11)14-15(3,4)5/h6-10,13H,1-5H3. The summed E-state index contributed by atoms with van der Waals surface area (Å²) < 4.78 is 6.05. The molecule has 0 aliphatic heterocycles. The number of hydrogen-bond donors (Lipinski definition) is 1. The van der Waals surface area contributed by atoms with Crippen molar-refractivity contribution in [3.63, 3.8) is 0 Å². The lowest BCUT2D eigenvalue weighted by atomic mass is 10.1. The van der Waals surface area contributed by atoms with E-state index in [1.807, 2.05) is 13.1 Å². The van der Waals surface area contributed by atoms with E-state index in [9.17, 15) is 0 Å². The second-order valence-corrected chi connectivity index (χ2v) is 9.19. The van der Waals surface area contributed by atoms with Crippen LogP contribution in [0.5, 0.6) is 5.75 Å². The first kappa shape index (κ1) is 12.3. The van der Waals surface area contributed by atoms with Crippen LogP contribution in [-0.2, 0) is 0 Å². The highest BCUT2D eigenvalue weighted by atomic mass is 28.4. The maximum Gasteiger partial charge on any atom is 0.242 e. The first-order valence-electron chi connectivity index (χ1n) is 5.39. The summed E-state index contributed by atoms with van der Waals surface area (Å²) >= 11 is 0. The van der Waals surface area contributed by atoms with Crippen molar-refractivity contribution >= 4 is 8.32 Å². The van der Waals surface area contributed by atoms with Crippen molar-refractivity contribution in [1.82, 2.24) is 5.32 Å². The molecule has 15 heavy (non-hydrogen) atoms. The average molecular weight is 223 g/mol. The minimum atomic E-state index is -1.52. The fraction of sp³-hybridized carbons (Fsp3) is 0.500. The van der Waals surface area contributed by atoms with Crippen LogP contribution < -0.4 is 9.74 Å². The summed E-state index contributed by atoms with van der Waals surface area (Å²) in [6.45, 7) is 8.75. The number of nitrogens with one attached hydrogen (secondary N) is 1. The van der Waals surface area contributed by atoms with Crippen LogP contribution in [0.15, 0.2) is 24.3 Å². The highest BCUT2D eigenvalue weighted by Crippen LogP contribution is 2.26. The first-order valence-corrected chi connectivity index (χ1v) is 8.80. The van der Waals surface area contributed by atoms with Crippen molar-refractivity contribution in [2.75, 3.05) is 7.05 Å². The molecule has 0 radical (unpaired) electrons. The largest absolute Gasteiger partial charge is 0.544 e. The van der Waals surface area contributed by atoms with Gasteiger partial charge in [0.25, 0.3) is 0 Å². The molecule has 0 amide bonds. The van der Waals surface area contributed by atoms with Crippen molar-refractivity contribution in [3.05, 3.63) is 29.8 Å². The van der Waals surface area contributed by atoms with E-state index in [1.165, 1.54) is 5.56 Å². The molecule has 1 aromatic rings. The first-order chi connectivity index (χ1) is 6.94. The SMILES string of the molecule is CNC(C)c1ccccc1O[Si](C)(C)C. The molecule has 0 spiro atoms. The Bertz CT molecular complexity index is 320. The molecular weight excluding hydrogens is 202 g/mol. The van der Waals surface area contributed by atoms with E-state index in [0.29, 0.717) is 6.04 Å². The van der Waals surface area contributed by atoms with E-state index in [0.717, 1.165) is 5.75 Å². The lowest BCUT2D eigenvalue weighted by Gasteiger charge is -2.23. The number of hydrogen-bond acceptors (Lipinski definition) is 2. The molecule has 84 valence electrons. The summed E-state index contributed by atoms with van der Waals surface area (Å²) in [4.78, 5) is 0. The third-order valence-corrected chi connectivity index (χ3v) is 3.07. The van der Waals surface area contributed by atoms with Gasteiger partial charge < -0.3 is 9.74 Å². The summed E-state index contributed by atoms with van der Waals surface area (Å²) in [5.41, 5.74) is 1.24. The van der Waals surface area contributed by atoms with Crippen molar-refractivity contribution in [3.8, 4) is 5.75 Å². The molecule has 3 heteroatoms. The molecule has 2 nitrogen and oxygen atoms in total. The molecule has 0 bridgehead atoms. The van der Waals surface area contributed by atoms with Crippen molar-refractivity contribution in [1.29, 1.82) is 0 Å². The molecule has 1 unspecified atom stereocenters. The number of rotatable bonds is 4. The van der Waals surface area contributed by atoms with E-state index in [1.54, 1.807) is 0 Å². The summed E-state index contributed by atoms with van der Waals surface area (Å²) in [5.74, 6) is 1.03. The fourth-order valence-electron chi connectivity index (χ4n) is 1.42. The van der Waals surface area contributed by atoms with Crippen LogP contribution in [0.4, 0.5) is 0 Å². The second-order valence-electron chi connectivity index (χ2n) is 4.76. The Labute approximate surface area is 93.8 Å². The Hall–Kier alpha value is -0.803. The van der Waals surface area contributed by atoms with Crippen LogP contribution in [0, 0.1) is 0 Å². The van der Waals surface area contributed by atoms with Crippen molar-refractivity contribution < 1.29 is 4.43 Å². The molecule has 0 saturated carbocycles. The summed E-state index contributed by atoms with van der Waals surface area (Å²) in [6.07, 6.45) is 0. The predicted octanol–water partition coefficient (Wildman–Crippen LogP) is 3.18. The highest BCUT2D eigenvalue weighted by Gasteiger charge is 2.19. The van der Waals surface area contributed by atoms with Gasteiger partial charge in [0.05, 0.1) is 0 Å². The van der Waals surface area contributed by atoms with Crippen LogP contribution in [0.25, 0.3) is 0 Å². The molecule has 1 aromatic carbocycles. The Kier molecular flexibility index (Phi) is 3.94. The lowest BCUT2D eigenvalue weighted by Crippen LogP contribution is -2.30. The van der Waals surface area contributed by atoms with Crippen molar-refractivity contribution in [2.24, 2.45) is 0 Å². The topological polar surface area (TPSA) is 21.3 Å². The van der Waals surface area contributed by atoms with E-state index in [-0.39, 0.29) is 0 Å². The molecule has 0 aliphatic rings. The van der Waals surface area contributed by atoms with E-state index >= 15 is 0 Å². The van der Waals surface area contributed by atoms with Crippen LogP contribution in [0.2, 0.25) is 19.6 Å². The van der Waals surface area contributed by atoms with Gasteiger partial charge in [-0.05, 0) is 39.7 Å². The van der Waals surface area contributed by atoms with Gasteiger partial charge in [0.2, 0.25) is 8.32 Å². The fourth-order valence-corrected chi connectivity index (χ4v) is 2.26. The van der Waals surface area contributed by atoms with Crippen LogP contribution in [-0.4, -0.2) is 15.4 Å². The lowest BCUT2D eigenvalue weighted by molar-refractivity contribution is 0.530. The van der Waals surface area contributed by atoms with Gasteiger partial charge in [0.15, 0.2) is 0 Å². The third-order valence-electron chi connectivity index (χ3n) is 2.23. The number of para-hydroxylation sites is 1. The quantitative estimate of drug-likeness (QED) is 0.792. The molecule has 0 heterocycles. The van der Waals surface area contributed by atoms with Gasteiger partial charge >= 0.3 is 0 Å². The van der Waals surface area contributed by atoms with Gasteiger partial charge in [-0.25, -0.2) is 0 Å². The van der Waals surface area contributed by atoms with Crippen LogP contribution in [0.1, 0.15) is 18.5 Å². The van der Waals surface area contributed by atoms with E-state index in [4.69, 9.17) is 4.43 Å². The minimum absolute atomic E-state index is 0.331. The zero-order valence-corrected chi connectivity index (χ0v) is 11.3.